The van der Waals surface area contributed by atoms with E-state index in [1.165, 1.54) is 39.9 Å². The smallest absolute Gasteiger partial charge is 0.257 e. The fraction of sp³-hybridized carbons (Fsp3) is 0.438. The third-order valence-electron chi connectivity index (χ3n) is 4.03. The average Bonchev–Trinajstić information content (AvgIpc) is 3.32. The summed E-state index contributed by atoms with van der Waals surface area (Å²) in [6.07, 6.45) is 3.29. The summed E-state index contributed by atoms with van der Waals surface area (Å²) in [6.45, 7) is 1.10. The average molecular weight is 415 g/mol. The van der Waals surface area contributed by atoms with Crippen LogP contribution in [0.15, 0.2) is 29.2 Å². The molecule has 10 heteroatoms. The molecule has 0 unspecified atom stereocenters. The molecule has 26 heavy (non-hydrogen) atoms. The topological polar surface area (TPSA) is 92.3 Å². The van der Waals surface area contributed by atoms with Crippen molar-refractivity contribution in [3.8, 4) is 0 Å². The number of aryl methyl sites for hydroxylation is 1. The lowest BCUT2D eigenvalue weighted by Crippen LogP contribution is -2.27. The quantitative estimate of drug-likeness (QED) is 0.703. The third kappa shape index (κ3) is 4.40. The molecule has 0 spiro atoms. The standard InChI is InChI=1S/C16H19ClN4O3S2/c17-9-3-4-14-19-20-16(25-14)18-15(22)12-5-7-13(8-6-12)26(23,24)21-10-1-2-11-21/h5-8H,1-4,9-11H2,(H,18,20,22). The minimum atomic E-state index is -3.48. The van der Waals surface area contributed by atoms with Gasteiger partial charge in [-0.2, -0.15) is 4.31 Å². The molecule has 1 aromatic heterocycles. The molecule has 1 amide bonds. The van der Waals surface area contributed by atoms with Gasteiger partial charge < -0.3 is 0 Å². The number of nitrogens with zero attached hydrogens (tertiary/aromatic N) is 3. The summed E-state index contributed by atoms with van der Waals surface area (Å²) in [7, 11) is -3.48. The summed E-state index contributed by atoms with van der Waals surface area (Å²) in [6, 6.07) is 5.95. The SMILES string of the molecule is O=C(Nc1nnc(CCCCl)s1)c1ccc(S(=O)(=O)N2CCCC2)cc1. The van der Waals surface area contributed by atoms with Crippen LogP contribution in [0.25, 0.3) is 0 Å². The summed E-state index contributed by atoms with van der Waals surface area (Å²) in [4.78, 5) is 12.5. The molecule has 2 heterocycles. The van der Waals surface area contributed by atoms with Gasteiger partial charge in [-0.3, -0.25) is 10.1 Å². The van der Waals surface area contributed by atoms with Crippen LogP contribution in [0.5, 0.6) is 0 Å². The van der Waals surface area contributed by atoms with Crippen molar-refractivity contribution in [2.75, 3.05) is 24.3 Å². The normalized spacial score (nSPS) is 15.3. The predicted molar refractivity (Wildman–Crippen MR) is 101 cm³/mol. The highest BCUT2D eigenvalue weighted by Gasteiger charge is 2.27. The number of rotatable bonds is 7. The van der Waals surface area contributed by atoms with Gasteiger partial charge in [0, 0.05) is 31.0 Å². The fourth-order valence-corrected chi connectivity index (χ4v) is 5.08. The minimum Gasteiger partial charge on any atom is -0.296 e. The Morgan fingerprint density at radius 2 is 1.88 bits per heavy atom. The summed E-state index contributed by atoms with van der Waals surface area (Å²) >= 11 is 6.95. The van der Waals surface area contributed by atoms with Gasteiger partial charge in [-0.25, -0.2) is 8.42 Å². The molecule has 0 radical (unpaired) electrons. The molecule has 0 saturated carbocycles. The molecule has 1 fully saturated rings. The van der Waals surface area contributed by atoms with Gasteiger partial charge in [0.1, 0.15) is 5.01 Å². The maximum absolute atomic E-state index is 12.5. The van der Waals surface area contributed by atoms with E-state index in [0.717, 1.165) is 30.7 Å². The molecule has 2 aromatic rings. The third-order valence-corrected chi connectivity index (χ3v) is 7.11. The van der Waals surface area contributed by atoms with Gasteiger partial charge in [0.05, 0.1) is 4.90 Å². The van der Waals surface area contributed by atoms with Crippen molar-refractivity contribution in [3.63, 3.8) is 0 Å². The molecule has 7 nitrogen and oxygen atoms in total. The van der Waals surface area contributed by atoms with Gasteiger partial charge >= 0.3 is 0 Å². The second kappa shape index (κ2) is 8.43. The van der Waals surface area contributed by atoms with E-state index < -0.39 is 10.0 Å². The Balaban J connectivity index is 1.66. The number of nitrogens with one attached hydrogen (secondary N) is 1. The summed E-state index contributed by atoms with van der Waals surface area (Å²) in [5.74, 6) is 0.198. The fourth-order valence-electron chi connectivity index (χ4n) is 2.65. The van der Waals surface area contributed by atoms with Crippen molar-refractivity contribution in [1.82, 2.24) is 14.5 Å². The van der Waals surface area contributed by atoms with E-state index in [4.69, 9.17) is 11.6 Å². The van der Waals surface area contributed by atoms with Crippen molar-refractivity contribution in [2.24, 2.45) is 0 Å². The second-order valence-electron chi connectivity index (χ2n) is 5.88. The number of anilines is 1. The molecule has 3 rings (SSSR count). The Labute approximate surface area is 161 Å². The Bertz CT molecular complexity index is 862. The number of carbonyl (C=O) groups excluding carboxylic acids is 1. The van der Waals surface area contributed by atoms with Gasteiger partial charge in [-0.05, 0) is 43.5 Å². The molecule has 1 N–H and O–H groups in total. The highest BCUT2D eigenvalue weighted by molar-refractivity contribution is 7.89. The molecule has 1 aliphatic heterocycles. The molecular weight excluding hydrogens is 396 g/mol. The van der Waals surface area contributed by atoms with Crippen LogP contribution < -0.4 is 5.32 Å². The van der Waals surface area contributed by atoms with Gasteiger partial charge in [0.15, 0.2) is 0 Å². The summed E-state index contributed by atoms with van der Waals surface area (Å²) in [5, 5.41) is 11.8. The molecule has 1 aliphatic rings. The number of hydrogen-bond donors (Lipinski definition) is 1. The number of amides is 1. The monoisotopic (exact) mass is 414 g/mol. The zero-order valence-corrected chi connectivity index (χ0v) is 16.4. The van der Waals surface area contributed by atoms with E-state index in [2.05, 4.69) is 15.5 Å². The number of benzene rings is 1. The van der Waals surface area contributed by atoms with E-state index in [1.807, 2.05) is 0 Å². The Kier molecular flexibility index (Phi) is 6.23. The first-order chi connectivity index (χ1) is 12.5. The lowest BCUT2D eigenvalue weighted by Gasteiger charge is -2.15. The zero-order valence-electron chi connectivity index (χ0n) is 14.0. The minimum absolute atomic E-state index is 0.204. The number of halogens is 1. The summed E-state index contributed by atoms with van der Waals surface area (Å²) < 4.78 is 26.5. The maximum atomic E-state index is 12.5. The Morgan fingerprint density at radius 3 is 2.54 bits per heavy atom. The highest BCUT2D eigenvalue weighted by atomic mass is 35.5. The van der Waals surface area contributed by atoms with Crippen LogP contribution in [-0.4, -0.2) is 47.8 Å². The van der Waals surface area contributed by atoms with Crippen LogP contribution in [0, 0.1) is 0 Å². The number of alkyl halides is 1. The first-order valence-corrected chi connectivity index (χ1v) is 11.1. The lowest BCUT2D eigenvalue weighted by atomic mass is 10.2. The molecule has 0 bridgehead atoms. The first kappa shape index (κ1) is 19.2. The Morgan fingerprint density at radius 1 is 1.19 bits per heavy atom. The van der Waals surface area contributed by atoms with Crippen LogP contribution in [-0.2, 0) is 16.4 Å². The first-order valence-electron chi connectivity index (χ1n) is 8.30. The van der Waals surface area contributed by atoms with Crippen molar-refractivity contribution in [3.05, 3.63) is 34.8 Å². The highest BCUT2D eigenvalue weighted by Crippen LogP contribution is 2.22. The van der Waals surface area contributed by atoms with Crippen molar-refractivity contribution >= 4 is 44.0 Å². The predicted octanol–water partition coefficient (Wildman–Crippen LogP) is 2.75. The molecular formula is C16H19ClN4O3S2. The number of aromatic nitrogens is 2. The molecule has 0 aliphatic carbocycles. The van der Waals surface area contributed by atoms with Crippen molar-refractivity contribution in [1.29, 1.82) is 0 Å². The maximum Gasteiger partial charge on any atom is 0.257 e. The van der Waals surface area contributed by atoms with E-state index in [1.54, 1.807) is 0 Å². The van der Waals surface area contributed by atoms with E-state index in [9.17, 15) is 13.2 Å². The van der Waals surface area contributed by atoms with Gasteiger partial charge in [0.25, 0.3) is 5.91 Å². The second-order valence-corrected chi connectivity index (χ2v) is 9.26. The summed E-state index contributed by atoms with van der Waals surface area (Å²) in [5.41, 5.74) is 0.364. The van der Waals surface area contributed by atoms with E-state index >= 15 is 0 Å². The van der Waals surface area contributed by atoms with Crippen molar-refractivity contribution in [2.45, 2.75) is 30.6 Å². The van der Waals surface area contributed by atoms with Crippen LogP contribution in [0.1, 0.15) is 34.6 Å². The molecule has 0 atom stereocenters. The van der Waals surface area contributed by atoms with Crippen molar-refractivity contribution < 1.29 is 13.2 Å². The van der Waals surface area contributed by atoms with Gasteiger partial charge in [0.2, 0.25) is 15.2 Å². The van der Waals surface area contributed by atoms with Crippen LogP contribution in [0.4, 0.5) is 5.13 Å². The van der Waals surface area contributed by atoms with E-state index in [0.29, 0.717) is 29.7 Å². The molecule has 1 aromatic carbocycles. The number of carbonyl (C=O) groups is 1. The largest absolute Gasteiger partial charge is 0.296 e. The van der Waals surface area contributed by atoms with Gasteiger partial charge in [-0.1, -0.05) is 11.3 Å². The zero-order chi connectivity index (χ0) is 18.6. The molecule has 1 saturated heterocycles. The van der Waals surface area contributed by atoms with Crippen LogP contribution >= 0.6 is 22.9 Å². The van der Waals surface area contributed by atoms with Gasteiger partial charge in [-0.15, -0.1) is 21.8 Å². The van der Waals surface area contributed by atoms with Crippen LogP contribution in [0.2, 0.25) is 0 Å². The van der Waals surface area contributed by atoms with E-state index in [-0.39, 0.29) is 10.8 Å². The molecule has 140 valence electrons. The van der Waals surface area contributed by atoms with Crippen LogP contribution in [0.3, 0.4) is 0 Å². The lowest BCUT2D eigenvalue weighted by molar-refractivity contribution is 0.102. The number of hydrogen-bond acceptors (Lipinski definition) is 6. The number of sulfonamides is 1. The Hall–Kier alpha value is -1.55.